The van der Waals surface area contributed by atoms with E-state index in [0.717, 1.165) is 102 Å². The molecular formula is C70H88F4N8O9. The Morgan fingerprint density at radius 1 is 0.495 bits per heavy atom. The second-order valence-electron chi connectivity index (χ2n) is 22.7. The number of urea groups is 2. The number of carbonyl (C=O) groups is 4. The number of nitrogens with one attached hydrogen (secondary N) is 6. The highest BCUT2D eigenvalue weighted by atomic mass is 19.4. The Bertz CT molecular complexity index is 3260. The highest BCUT2D eigenvalue weighted by Gasteiger charge is 2.36. The van der Waals surface area contributed by atoms with Gasteiger partial charge < -0.3 is 65.4 Å². The minimum Gasteiger partial charge on any atom is -0.493 e. The fourth-order valence-electron chi connectivity index (χ4n) is 10.4. The fourth-order valence-corrected chi connectivity index (χ4v) is 10.4. The number of halogens is 4. The number of likely N-dealkylation sites (tertiary alicyclic amines) is 2. The standard InChI is InChI=1S/C36H45F3N4O5.C34H43FN4O4/c1-5-8-19-43-20-17-29(18-21-43)47-31-15-9-24(22-30(31)36(37,38)39)34(44)40-26-10-13-28(14-11-26)48-32-16-12-27(23-33(32)46-4)42-35(45)41-25(6-2)7-3;1-4-7-20-39-21-18-29(19-22-39)42-27-12-8-24(9-13-27)33(40)38-32-17-16-30(23-31(32)35)43-28-14-10-26(11-15-28)37-34(41)36-25(5-2)6-3/h9-16,22-23,25,29H,5-8,17-21H2,1-4H3,(H,40,44)(H2,41,42,45);8-17,23,25,29H,4-7,18-22H2,1-3H3,(H,38,40)(H2,36,37,41). The van der Waals surface area contributed by atoms with E-state index < -0.39 is 29.4 Å². The molecule has 6 N–H and O–H groups in total. The zero-order chi connectivity index (χ0) is 65.3. The number of hydrogen-bond acceptors (Lipinski definition) is 11. The van der Waals surface area contributed by atoms with Gasteiger partial charge in [-0.3, -0.25) is 9.59 Å². The van der Waals surface area contributed by atoms with Crippen LogP contribution in [0.3, 0.4) is 0 Å². The minimum atomic E-state index is -4.69. The first-order valence-electron chi connectivity index (χ1n) is 31.8. The van der Waals surface area contributed by atoms with E-state index in [1.807, 2.05) is 27.7 Å². The summed E-state index contributed by atoms with van der Waals surface area (Å²) in [7, 11) is 1.48. The summed E-state index contributed by atoms with van der Waals surface area (Å²) < 4.78 is 86.1. The third-order valence-electron chi connectivity index (χ3n) is 15.9. The summed E-state index contributed by atoms with van der Waals surface area (Å²) in [5.74, 6) is 0.696. The van der Waals surface area contributed by atoms with Crippen molar-refractivity contribution in [3.63, 3.8) is 0 Å². The number of hydrogen-bond donors (Lipinski definition) is 6. The summed E-state index contributed by atoms with van der Waals surface area (Å²) in [6.45, 7) is 18.2. The van der Waals surface area contributed by atoms with Crippen LogP contribution in [0.25, 0.3) is 0 Å². The molecule has 0 aromatic heterocycles. The molecule has 0 spiro atoms. The van der Waals surface area contributed by atoms with E-state index in [1.165, 1.54) is 44.2 Å². The molecule has 0 aliphatic carbocycles. The van der Waals surface area contributed by atoms with Crippen molar-refractivity contribution in [1.82, 2.24) is 20.4 Å². The summed E-state index contributed by atoms with van der Waals surface area (Å²) in [4.78, 5) is 55.0. The van der Waals surface area contributed by atoms with Gasteiger partial charge in [-0.15, -0.1) is 0 Å². The second kappa shape index (κ2) is 35.2. The number of rotatable bonds is 27. The maximum atomic E-state index is 14.8. The topological polar surface area (TPSA) is 193 Å². The van der Waals surface area contributed by atoms with Gasteiger partial charge in [0.05, 0.1) is 18.4 Å². The molecule has 2 fully saturated rings. The largest absolute Gasteiger partial charge is 0.493 e. The lowest BCUT2D eigenvalue weighted by atomic mass is 10.1. The number of anilines is 4. The van der Waals surface area contributed by atoms with Gasteiger partial charge in [-0.25, -0.2) is 14.0 Å². The molecule has 2 aliphatic heterocycles. The van der Waals surface area contributed by atoms with Crippen molar-refractivity contribution in [1.29, 1.82) is 0 Å². The Morgan fingerprint density at radius 3 is 1.47 bits per heavy atom. The quantitative estimate of drug-likeness (QED) is 0.0269. The van der Waals surface area contributed by atoms with E-state index in [-0.39, 0.29) is 59.1 Å². The number of benzene rings is 6. The molecule has 0 bridgehead atoms. The van der Waals surface area contributed by atoms with Crippen LogP contribution in [0, 0.1) is 5.82 Å². The molecule has 21 heteroatoms. The van der Waals surface area contributed by atoms with Crippen LogP contribution in [-0.4, -0.2) is 104 Å². The summed E-state index contributed by atoms with van der Waals surface area (Å²) in [5.41, 5.74) is 0.843. The molecule has 2 saturated heterocycles. The smallest absolute Gasteiger partial charge is 0.419 e. The number of alkyl halides is 3. The van der Waals surface area contributed by atoms with E-state index in [0.29, 0.717) is 58.5 Å². The Labute approximate surface area is 532 Å². The van der Waals surface area contributed by atoms with Gasteiger partial charge in [-0.2, -0.15) is 13.2 Å². The Hall–Kier alpha value is -8.56. The van der Waals surface area contributed by atoms with Gasteiger partial charge in [0.2, 0.25) is 0 Å². The molecule has 490 valence electrons. The van der Waals surface area contributed by atoms with Gasteiger partial charge in [-0.05, 0) is 193 Å². The lowest BCUT2D eigenvalue weighted by molar-refractivity contribution is -0.139. The highest BCUT2D eigenvalue weighted by Crippen LogP contribution is 2.39. The number of piperidine rings is 2. The lowest BCUT2D eigenvalue weighted by Gasteiger charge is -2.32. The number of amides is 6. The SMILES string of the molecule is CCCCN1CCC(Oc2ccc(C(=O)Nc3ccc(Oc4ccc(NC(=O)NC(CC)CC)cc4)cc3F)cc2)CC1.CCCCN1CCC(Oc2ccc(C(=O)Nc3ccc(Oc4ccc(NC(=O)NC(CC)CC)cc4OC)cc3)cc2C(F)(F)F)CC1. The number of ether oxygens (including phenoxy) is 5. The van der Waals surface area contributed by atoms with Crippen LogP contribution in [0.5, 0.6) is 40.2 Å². The molecule has 0 saturated carbocycles. The molecule has 6 aromatic carbocycles. The van der Waals surface area contributed by atoms with Gasteiger partial charge in [0, 0.05) is 78.6 Å². The van der Waals surface area contributed by atoms with Crippen LogP contribution >= 0.6 is 0 Å². The molecule has 91 heavy (non-hydrogen) atoms. The van der Waals surface area contributed by atoms with Crippen molar-refractivity contribution in [3.05, 3.63) is 150 Å². The highest BCUT2D eigenvalue weighted by molar-refractivity contribution is 6.05. The molecular weight excluding hydrogens is 1170 g/mol. The van der Waals surface area contributed by atoms with Crippen molar-refractivity contribution in [2.75, 3.05) is 67.6 Å². The Kier molecular flexibility index (Phi) is 27.0. The molecule has 0 radical (unpaired) electrons. The van der Waals surface area contributed by atoms with Crippen molar-refractivity contribution >= 4 is 46.6 Å². The second-order valence-corrected chi connectivity index (χ2v) is 22.7. The van der Waals surface area contributed by atoms with Crippen molar-refractivity contribution in [3.8, 4) is 40.2 Å². The number of methoxy groups -OCH3 is 1. The van der Waals surface area contributed by atoms with E-state index in [9.17, 15) is 36.7 Å². The number of nitrogens with zero attached hydrogens (tertiary/aromatic N) is 2. The van der Waals surface area contributed by atoms with Gasteiger partial charge in [0.1, 0.15) is 46.8 Å². The molecule has 0 atom stereocenters. The molecule has 6 aromatic rings. The van der Waals surface area contributed by atoms with Gasteiger partial charge >= 0.3 is 18.2 Å². The van der Waals surface area contributed by atoms with Gasteiger partial charge in [-0.1, -0.05) is 54.4 Å². The summed E-state index contributed by atoms with van der Waals surface area (Å²) in [6, 6.07) is 32.4. The maximum absolute atomic E-state index is 14.8. The maximum Gasteiger partial charge on any atom is 0.419 e. The molecule has 6 amide bonds. The first-order chi connectivity index (χ1) is 43.9. The van der Waals surface area contributed by atoms with Crippen molar-refractivity contribution < 1.29 is 60.4 Å². The minimum absolute atomic E-state index is 0.0514. The Morgan fingerprint density at radius 2 is 0.956 bits per heavy atom. The first kappa shape index (κ1) is 69.9. The van der Waals surface area contributed by atoms with Crippen molar-refractivity contribution in [2.24, 2.45) is 0 Å². The van der Waals surface area contributed by atoms with E-state index in [1.54, 1.807) is 97.1 Å². The predicted octanol–water partition coefficient (Wildman–Crippen LogP) is 16.5. The molecule has 2 heterocycles. The first-order valence-corrected chi connectivity index (χ1v) is 31.8. The van der Waals surface area contributed by atoms with E-state index in [4.69, 9.17) is 23.7 Å². The lowest BCUT2D eigenvalue weighted by Crippen LogP contribution is -2.38. The number of carbonyl (C=O) groups excluding carboxylic acids is 4. The van der Waals surface area contributed by atoms with E-state index >= 15 is 0 Å². The fraction of sp³-hybridized carbons (Fsp3) is 0.429. The third kappa shape index (κ3) is 22.1. The summed E-state index contributed by atoms with van der Waals surface area (Å²) in [6.07, 6.45) is 6.43. The predicted molar refractivity (Wildman–Crippen MR) is 349 cm³/mol. The van der Waals surface area contributed by atoms with Gasteiger partial charge in [0.15, 0.2) is 11.5 Å². The molecule has 0 unspecified atom stereocenters. The van der Waals surface area contributed by atoms with E-state index in [2.05, 4.69) is 55.5 Å². The summed E-state index contributed by atoms with van der Waals surface area (Å²) >= 11 is 0. The van der Waals surface area contributed by atoms with Gasteiger partial charge in [0.25, 0.3) is 11.8 Å². The third-order valence-corrected chi connectivity index (χ3v) is 15.9. The molecule has 17 nitrogen and oxygen atoms in total. The van der Waals surface area contributed by atoms with Crippen LogP contribution in [0.2, 0.25) is 0 Å². The normalized spacial score (nSPS) is 13.9. The average Bonchev–Trinajstić information content (AvgIpc) is 1.32. The zero-order valence-corrected chi connectivity index (χ0v) is 53.2. The van der Waals surface area contributed by atoms with Crippen molar-refractivity contribution in [2.45, 2.75) is 149 Å². The van der Waals surface area contributed by atoms with Crippen LogP contribution < -0.4 is 55.6 Å². The van der Waals surface area contributed by atoms with Crippen LogP contribution in [-0.2, 0) is 6.18 Å². The zero-order valence-electron chi connectivity index (χ0n) is 53.2. The average molecular weight is 1260 g/mol. The van der Waals surface area contributed by atoms with Crippen LogP contribution in [0.15, 0.2) is 127 Å². The molecule has 8 rings (SSSR count). The number of unbranched alkanes of at least 4 members (excludes halogenated alkanes) is 2. The van der Waals surface area contributed by atoms with Crippen LogP contribution in [0.1, 0.15) is 145 Å². The monoisotopic (exact) mass is 1260 g/mol. The van der Waals surface area contributed by atoms with Crippen LogP contribution in [0.4, 0.5) is 49.9 Å². The summed E-state index contributed by atoms with van der Waals surface area (Å²) in [5, 5.41) is 16.7. The Balaban J connectivity index is 0.000000260. The molecule has 2 aliphatic rings.